The Kier molecular flexibility index (Phi) is 5.17. The van der Waals surface area contributed by atoms with Gasteiger partial charge in [-0.2, -0.15) is 0 Å². The molecule has 1 saturated heterocycles. The van der Waals surface area contributed by atoms with Crippen LogP contribution in [0, 0.1) is 5.92 Å². The molecule has 0 aromatic carbocycles. The van der Waals surface area contributed by atoms with Crippen molar-refractivity contribution in [1.82, 2.24) is 10.2 Å². The molecule has 1 heterocycles. The number of amides is 2. The normalized spacial score (nSPS) is 25.3. The van der Waals surface area contributed by atoms with Crippen LogP contribution in [0.3, 0.4) is 0 Å². The van der Waals surface area contributed by atoms with Gasteiger partial charge < -0.3 is 10.2 Å². The van der Waals surface area contributed by atoms with Crippen molar-refractivity contribution in [1.29, 1.82) is 0 Å². The van der Waals surface area contributed by atoms with Crippen LogP contribution in [-0.4, -0.2) is 35.3 Å². The molecule has 1 unspecified atom stereocenters. The van der Waals surface area contributed by atoms with Crippen molar-refractivity contribution in [3.8, 4) is 0 Å². The van der Waals surface area contributed by atoms with Gasteiger partial charge in [0.15, 0.2) is 0 Å². The molecule has 0 saturated carbocycles. The molecule has 0 aliphatic carbocycles. The number of carbonyl (C=O) groups is 2. The van der Waals surface area contributed by atoms with Crippen molar-refractivity contribution in [3.63, 3.8) is 0 Å². The van der Waals surface area contributed by atoms with Crippen LogP contribution in [0.5, 0.6) is 0 Å². The minimum Gasteiger partial charge on any atom is -0.342 e. The smallest absolute Gasteiger partial charge is 0.248 e. The minimum atomic E-state index is -0.717. The van der Waals surface area contributed by atoms with E-state index >= 15 is 0 Å². The summed E-state index contributed by atoms with van der Waals surface area (Å²) in [5.41, 5.74) is -0.717. The van der Waals surface area contributed by atoms with Gasteiger partial charge >= 0.3 is 0 Å². The fraction of sp³-hybridized carbons (Fsp3) is 0.857. The molecule has 4 nitrogen and oxygen atoms in total. The molecule has 1 aliphatic heterocycles. The number of nitrogens with one attached hydrogen (secondary N) is 1. The second-order valence-corrected chi connectivity index (χ2v) is 5.81. The molecule has 0 radical (unpaired) electrons. The fourth-order valence-corrected chi connectivity index (χ4v) is 2.25. The molecule has 2 amide bonds. The predicted molar refractivity (Wildman–Crippen MR) is 72.1 cm³/mol. The van der Waals surface area contributed by atoms with Crippen LogP contribution < -0.4 is 5.32 Å². The monoisotopic (exact) mass is 254 g/mol. The van der Waals surface area contributed by atoms with Gasteiger partial charge in [0.25, 0.3) is 0 Å². The second kappa shape index (κ2) is 6.21. The van der Waals surface area contributed by atoms with Crippen LogP contribution in [0.25, 0.3) is 0 Å². The molecule has 1 N–H and O–H groups in total. The van der Waals surface area contributed by atoms with E-state index in [2.05, 4.69) is 19.2 Å². The number of hydrogen-bond acceptors (Lipinski definition) is 2. The molecule has 4 heteroatoms. The molecular formula is C14H26N2O2. The van der Waals surface area contributed by atoms with Crippen LogP contribution in [0.4, 0.5) is 0 Å². The molecule has 0 aromatic heterocycles. The predicted octanol–water partition coefficient (Wildman–Crippen LogP) is 1.94. The Bertz CT molecular complexity index is 315. The van der Waals surface area contributed by atoms with Crippen molar-refractivity contribution in [3.05, 3.63) is 0 Å². The van der Waals surface area contributed by atoms with Crippen LogP contribution in [0.15, 0.2) is 0 Å². The van der Waals surface area contributed by atoms with Crippen molar-refractivity contribution in [2.75, 3.05) is 13.1 Å². The van der Waals surface area contributed by atoms with Gasteiger partial charge in [-0.05, 0) is 32.1 Å². The second-order valence-electron chi connectivity index (χ2n) is 5.81. The summed E-state index contributed by atoms with van der Waals surface area (Å²) in [6.07, 6.45) is 3.19. The van der Waals surface area contributed by atoms with Gasteiger partial charge in [0, 0.05) is 19.5 Å². The number of nitrogens with zero attached hydrogens (tertiary/aromatic N) is 1. The first-order valence-corrected chi connectivity index (χ1v) is 6.99. The maximum absolute atomic E-state index is 12.4. The molecule has 0 spiro atoms. The average Bonchev–Trinajstić information content (AvgIpc) is 2.41. The Balaban J connectivity index is 2.66. The zero-order chi connectivity index (χ0) is 13.8. The highest BCUT2D eigenvalue weighted by molar-refractivity contribution is 5.93. The molecular weight excluding hydrogens is 228 g/mol. The van der Waals surface area contributed by atoms with Gasteiger partial charge in [-0.3, -0.25) is 9.59 Å². The molecule has 1 rings (SSSR count). The highest BCUT2D eigenvalue weighted by Crippen LogP contribution is 2.18. The fourth-order valence-electron chi connectivity index (χ4n) is 2.25. The molecule has 1 atom stereocenters. The minimum absolute atomic E-state index is 0.0148. The van der Waals surface area contributed by atoms with E-state index in [1.807, 2.05) is 18.7 Å². The van der Waals surface area contributed by atoms with Gasteiger partial charge in [0.1, 0.15) is 5.54 Å². The Morgan fingerprint density at radius 1 is 1.39 bits per heavy atom. The molecule has 18 heavy (non-hydrogen) atoms. The Hall–Kier alpha value is -1.06. The third kappa shape index (κ3) is 3.72. The van der Waals surface area contributed by atoms with Crippen LogP contribution in [0.2, 0.25) is 0 Å². The first kappa shape index (κ1) is 15.0. The van der Waals surface area contributed by atoms with Gasteiger partial charge in [0.2, 0.25) is 11.8 Å². The van der Waals surface area contributed by atoms with Gasteiger partial charge in [-0.15, -0.1) is 0 Å². The van der Waals surface area contributed by atoms with Crippen LogP contribution in [-0.2, 0) is 9.59 Å². The van der Waals surface area contributed by atoms with Crippen molar-refractivity contribution in [2.24, 2.45) is 5.92 Å². The van der Waals surface area contributed by atoms with Crippen molar-refractivity contribution in [2.45, 2.75) is 58.9 Å². The summed E-state index contributed by atoms with van der Waals surface area (Å²) in [7, 11) is 0. The van der Waals surface area contributed by atoms with E-state index in [1.165, 1.54) is 0 Å². The number of hydrogen-bond donors (Lipinski definition) is 1. The largest absolute Gasteiger partial charge is 0.342 e. The van der Waals surface area contributed by atoms with Crippen LogP contribution >= 0.6 is 0 Å². The maximum Gasteiger partial charge on any atom is 0.248 e. The number of rotatable bonds is 5. The molecule has 0 bridgehead atoms. The van der Waals surface area contributed by atoms with E-state index in [1.54, 1.807) is 0 Å². The van der Waals surface area contributed by atoms with Crippen molar-refractivity contribution >= 4 is 11.8 Å². The van der Waals surface area contributed by atoms with E-state index in [-0.39, 0.29) is 11.8 Å². The quantitative estimate of drug-likeness (QED) is 0.815. The molecule has 1 aliphatic rings. The van der Waals surface area contributed by atoms with Gasteiger partial charge in [0.05, 0.1) is 0 Å². The Morgan fingerprint density at radius 3 is 2.61 bits per heavy atom. The van der Waals surface area contributed by atoms with Crippen molar-refractivity contribution < 1.29 is 9.59 Å². The lowest BCUT2D eigenvalue weighted by molar-refractivity contribution is -0.138. The molecule has 1 fully saturated rings. The highest BCUT2D eigenvalue weighted by Gasteiger charge is 2.38. The first-order chi connectivity index (χ1) is 8.39. The van der Waals surface area contributed by atoms with Gasteiger partial charge in [-0.25, -0.2) is 0 Å². The van der Waals surface area contributed by atoms with Crippen LogP contribution in [0.1, 0.15) is 53.4 Å². The van der Waals surface area contributed by atoms with E-state index in [0.717, 1.165) is 19.4 Å². The zero-order valence-corrected chi connectivity index (χ0v) is 12.1. The SMILES string of the molecule is CCC1(C)NC(=O)CCN(CCCC(C)C)C1=O. The summed E-state index contributed by atoms with van der Waals surface area (Å²) in [5.74, 6) is 0.711. The van der Waals surface area contributed by atoms with Gasteiger partial charge in [-0.1, -0.05) is 20.8 Å². The summed E-state index contributed by atoms with van der Waals surface area (Å²) in [4.78, 5) is 25.9. The number of carbonyl (C=O) groups excluding carboxylic acids is 2. The van der Waals surface area contributed by atoms with E-state index in [9.17, 15) is 9.59 Å². The summed E-state index contributed by atoms with van der Waals surface area (Å²) < 4.78 is 0. The molecule has 0 aromatic rings. The lowest BCUT2D eigenvalue weighted by Gasteiger charge is -2.31. The zero-order valence-electron chi connectivity index (χ0n) is 12.1. The first-order valence-electron chi connectivity index (χ1n) is 6.99. The third-order valence-corrected chi connectivity index (χ3v) is 3.70. The lowest BCUT2D eigenvalue weighted by atomic mass is 9.97. The van der Waals surface area contributed by atoms with E-state index < -0.39 is 5.54 Å². The summed E-state index contributed by atoms with van der Waals surface area (Å²) >= 11 is 0. The average molecular weight is 254 g/mol. The van der Waals surface area contributed by atoms with E-state index in [0.29, 0.717) is 25.3 Å². The maximum atomic E-state index is 12.4. The molecule has 104 valence electrons. The Labute approximate surface area is 110 Å². The highest BCUT2D eigenvalue weighted by atomic mass is 16.2. The third-order valence-electron chi connectivity index (χ3n) is 3.70. The topological polar surface area (TPSA) is 49.4 Å². The summed E-state index contributed by atoms with van der Waals surface area (Å²) in [5, 5.41) is 2.85. The Morgan fingerprint density at radius 2 is 2.06 bits per heavy atom. The summed E-state index contributed by atoms with van der Waals surface area (Å²) in [6, 6.07) is 0. The lowest BCUT2D eigenvalue weighted by Crippen LogP contribution is -2.54. The van der Waals surface area contributed by atoms with E-state index in [4.69, 9.17) is 0 Å². The standard InChI is InChI=1S/C14H26N2O2/c1-5-14(4)13(18)16(9-6-7-11(2)3)10-8-12(17)15-14/h11H,5-10H2,1-4H3,(H,15,17). The summed E-state index contributed by atoms with van der Waals surface area (Å²) in [6.45, 7) is 9.46.